The van der Waals surface area contributed by atoms with Crippen LogP contribution in [0.3, 0.4) is 0 Å². The highest BCUT2D eigenvalue weighted by molar-refractivity contribution is 9.10. The molecule has 0 fully saturated rings. The summed E-state index contributed by atoms with van der Waals surface area (Å²) in [6.07, 6.45) is 1.42. The summed E-state index contributed by atoms with van der Waals surface area (Å²) in [6.45, 7) is 0. The minimum Gasteiger partial charge on any atom is -0.322 e. The second-order valence-electron chi connectivity index (χ2n) is 10.2. The van der Waals surface area contributed by atoms with E-state index in [2.05, 4.69) is 31.9 Å². The van der Waals surface area contributed by atoms with Gasteiger partial charge in [-0.2, -0.15) is 0 Å². The highest BCUT2D eigenvalue weighted by atomic mass is 79.9. The highest BCUT2D eigenvalue weighted by Crippen LogP contribution is 2.37. The zero-order valence-corrected chi connectivity index (χ0v) is 27.3. The van der Waals surface area contributed by atoms with E-state index in [0.29, 0.717) is 31.7 Å². The van der Waals surface area contributed by atoms with Crippen molar-refractivity contribution in [1.82, 2.24) is 5.32 Å². The normalized spacial score (nSPS) is 11.7. The van der Waals surface area contributed by atoms with Gasteiger partial charge < -0.3 is 16.0 Å². The monoisotopic (exact) mass is 724 g/mol. The first-order valence-corrected chi connectivity index (χ1v) is 16.0. The van der Waals surface area contributed by atoms with Gasteiger partial charge in [0.1, 0.15) is 16.8 Å². The Hall–Kier alpha value is -5.59. The molecule has 0 spiro atoms. The third-order valence-corrected chi connectivity index (χ3v) is 8.60. The molecule has 3 N–H and O–H groups in total. The predicted molar refractivity (Wildman–Crippen MR) is 188 cm³/mol. The second kappa shape index (κ2) is 15.8. The van der Waals surface area contributed by atoms with Crippen molar-refractivity contribution in [1.29, 1.82) is 0 Å². The van der Waals surface area contributed by atoms with Gasteiger partial charge >= 0.3 is 0 Å². The molecule has 5 rings (SSSR count). The molecule has 0 aliphatic carbocycles. The number of hydrogen-bond donors (Lipinski definition) is 3. The number of benzene rings is 5. The number of hydrogen-bond acceptors (Lipinski definition) is 6. The number of nitro groups is 1. The average Bonchev–Trinajstić information content (AvgIpc) is 3.09. The summed E-state index contributed by atoms with van der Waals surface area (Å²) in [6, 6.07) is 34.1. The molecule has 0 saturated heterocycles. The summed E-state index contributed by atoms with van der Waals surface area (Å²) in [5.74, 6) is -2.13. The lowest BCUT2D eigenvalue weighted by molar-refractivity contribution is -0.384. The molecule has 5 aromatic carbocycles. The molecule has 48 heavy (non-hydrogen) atoms. The van der Waals surface area contributed by atoms with Crippen molar-refractivity contribution in [2.75, 3.05) is 10.6 Å². The molecule has 12 heteroatoms. The minimum atomic E-state index is -0.723. The van der Waals surface area contributed by atoms with Crippen molar-refractivity contribution < 1.29 is 23.7 Å². The fraction of sp³-hybridized carbons (Fsp3) is 0.0278. The van der Waals surface area contributed by atoms with Crippen LogP contribution >= 0.6 is 27.7 Å². The molecule has 240 valence electrons. The Bertz CT molecular complexity index is 1980. The number of carbonyl (C=O) groups excluding carboxylic acids is 3. The fourth-order valence-electron chi connectivity index (χ4n) is 4.44. The van der Waals surface area contributed by atoms with Crippen LogP contribution in [0.25, 0.3) is 6.08 Å². The average molecular weight is 726 g/mol. The van der Waals surface area contributed by atoms with Gasteiger partial charge in [0.15, 0.2) is 0 Å². The maximum absolute atomic E-state index is 14.5. The first-order valence-electron chi connectivity index (χ1n) is 14.4. The van der Waals surface area contributed by atoms with Crippen molar-refractivity contribution in [2.45, 2.75) is 10.1 Å². The van der Waals surface area contributed by atoms with Crippen LogP contribution in [0.4, 0.5) is 21.5 Å². The van der Waals surface area contributed by atoms with Gasteiger partial charge in [0.25, 0.3) is 17.5 Å². The predicted octanol–water partition coefficient (Wildman–Crippen LogP) is 8.38. The number of amides is 3. The Morgan fingerprint density at radius 1 is 0.812 bits per heavy atom. The molecular formula is C36H26BrFN4O5S. The van der Waals surface area contributed by atoms with Crippen molar-refractivity contribution in [3.8, 4) is 0 Å². The minimum absolute atomic E-state index is 0.0553. The standard InChI is InChI=1S/C36H26BrFN4O5S/c37-26-13-20-31(30(38)22-26)40-36(45)33(24-7-3-1-4-8-24)48-29-18-14-27(15-19-29)39-35(44)32(41-34(43)25-9-5-2-6-10-25)21-23-11-16-28(17-12-23)42(46)47/h1-22,33H,(H,39,44)(H,40,45)(H,41,43)/b32-21-. The van der Waals surface area contributed by atoms with E-state index in [1.54, 1.807) is 60.7 Å². The van der Waals surface area contributed by atoms with E-state index in [0.717, 1.165) is 0 Å². The summed E-state index contributed by atoms with van der Waals surface area (Å²) < 4.78 is 15.0. The van der Waals surface area contributed by atoms with Gasteiger partial charge in [0, 0.05) is 32.8 Å². The zero-order chi connectivity index (χ0) is 34.0. The molecule has 1 atom stereocenters. The van der Waals surface area contributed by atoms with Crippen LogP contribution in [0, 0.1) is 15.9 Å². The molecule has 5 aromatic rings. The number of anilines is 2. The SMILES string of the molecule is O=C(Nc1ccc(SC(C(=O)Nc2ccc(Br)cc2F)c2ccccc2)cc1)/C(=C/c1ccc([N+](=O)[O-])cc1)NC(=O)c1ccccc1. The van der Waals surface area contributed by atoms with E-state index in [1.165, 1.54) is 54.2 Å². The van der Waals surface area contributed by atoms with Crippen LogP contribution in [-0.4, -0.2) is 22.6 Å². The molecule has 0 aliphatic rings. The summed E-state index contributed by atoms with van der Waals surface area (Å²) in [4.78, 5) is 51.0. The topological polar surface area (TPSA) is 130 Å². The lowest BCUT2D eigenvalue weighted by Crippen LogP contribution is -2.30. The maximum Gasteiger partial charge on any atom is 0.272 e. The number of halogens is 2. The number of non-ortho nitro benzene ring substituents is 1. The smallest absolute Gasteiger partial charge is 0.272 e. The third kappa shape index (κ3) is 9.02. The molecule has 0 aromatic heterocycles. The molecule has 0 aliphatic heterocycles. The van der Waals surface area contributed by atoms with Gasteiger partial charge in [-0.3, -0.25) is 24.5 Å². The number of nitrogens with zero attached hydrogens (tertiary/aromatic N) is 1. The van der Waals surface area contributed by atoms with Gasteiger partial charge in [0.2, 0.25) is 5.91 Å². The van der Waals surface area contributed by atoms with E-state index in [-0.39, 0.29) is 17.1 Å². The molecule has 0 radical (unpaired) electrons. The lowest BCUT2D eigenvalue weighted by Gasteiger charge is -2.18. The Labute approximate surface area is 287 Å². The van der Waals surface area contributed by atoms with Crippen LogP contribution in [0.5, 0.6) is 0 Å². The van der Waals surface area contributed by atoms with E-state index < -0.39 is 33.7 Å². The maximum atomic E-state index is 14.5. The van der Waals surface area contributed by atoms with E-state index in [4.69, 9.17) is 0 Å². The fourth-order valence-corrected chi connectivity index (χ4v) is 5.80. The van der Waals surface area contributed by atoms with Crippen LogP contribution in [-0.2, 0) is 9.59 Å². The molecule has 0 heterocycles. The Morgan fingerprint density at radius 2 is 1.46 bits per heavy atom. The highest BCUT2D eigenvalue weighted by Gasteiger charge is 2.23. The summed E-state index contributed by atoms with van der Waals surface area (Å²) in [5.41, 5.74) is 1.77. The van der Waals surface area contributed by atoms with Crippen molar-refractivity contribution in [2.24, 2.45) is 0 Å². The number of nitrogens with one attached hydrogen (secondary N) is 3. The third-order valence-electron chi connectivity index (χ3n) is 6.84. The summed E-state index contributed by atoms with van der Waals surface area (Å²) >= 11 is 4.47. The second-order valence-corrected chi connectivity index (χ2v) is 12.3. The summed E-state index contributed by atoms with van der Waals surface area (Å²) in [7, 11) is 0. The lowest BCUT2D eigenvalue weighted by atomic mass is 10.1. The van der Waals surface area contributed by atoms with Crippen molar-refractivity contribution >= 4 is 68.6 Å². The van der Waals surface area contributed by atoms with Gasteiger partial charge in [-0.25, -0.2) is 4.39 Å². The first kappa shape index (κ1) is 33.8. The molecule has 0 saturated carbocycles. The van der Waals surface area contributed by atoms with Crippen molar-refractivity contribution in [3.63, 3.8) is 0 Å². The first-order chi connectivity index (χ1) is 23.2. The van der Waals surface area contributed by atoms with Crippen LogP contribution in [0.2, 0.25) is 0 Å². The number of rotatable bonds is 11. The van der Waals surface area contributed by atoms with Gasteiger partial charge in [0.05, 0.1) is 10.6 Å². The Kier molecular flexibility index (Phi) is 11.1. The molecular weight excluding hydrogens is 699 g/mol. The van der Waals surface area contributed by atoms with E-state index in [1.807, 2.05) is 30.3 Å². The Morgan fingerprint density at radius 3 is 2.08 bits per heavy atom. The number of carbonyl (C=O) groups is 3. The number of thioether (sulfide) groups is 1. The molecule has 0 bridgehead atoms. The number of nitro benzene ring substituents is 1. The van der Waals surface area contributed by atoms with E-state index >= 15 is 0 Å². The zero-order valence-electron chi connectivity index (χ0n) is 24.9. The summed E-state index contributed by atoms with van der Waals surface area (Å²) in [5, 5.41) is 18.4. The van der Waals surface area contributed by atoms with E-state index in [9.17, 15) is 28.9 Å². The van der Waals surface area contributed by atoms with Crippen LogP contribution in [0.15, 0.2) is 142 Å². The van der Waals surface area contributed by atoms with Gasteiger partial charge in [-0.1, -0.05) is 64.5 Å². The van der Waals surface area contributed by atoms with Gasteiger partial charge in [-0.05, 0) is 83.9 Å². The van der Waals surface area contributed by atoms with Crippen LogP contribution in [0.1, 0.15) is 26.7 Å². The largest absolute Gasteiger partial charge is 0.322 e. The molecule has 9 nitrogen and oxygen atoms in total. The quantitative estimate of drug-likeness (QED) is 0.0543. The van der Waals surface area contributed by atoms with Crippen LogP contribution < -0.4 is 16.0 Å². The Balaban J connectivity index is 1.34. The van der Waals surface area contributed by atoms with Crippen molar-refractivity contribution in [3.05, 3.63) is 170 Å². The van der Waals surface area contributed by atoms with Gasteiger partial charge in [-0.15, -0.1) is 11.8 Å². The molecule has 3 amide bonds. The molecule has 1 unspecified atom stereocenters.